The lowest BCUT2D eigenvalue weighted by molar-refractivity contribution is 0.619. The Labute approximate surface area is 133 Å². The van der Waals surface area contributed by atoms with Gasteiger partial charge in [0.05, 0.1) is 0 Å². The lowest BCUT2D eigenvalue weighted by atomic mass is 10.0. The van der Waals surface area contributed by atoms with E-state index in [9.17, 15) is 0 Å². The van der Waals surface area contributed by atoms with E-state index >= 15 is 0 Å². The zero-order chi connectivity index (χ0) is 14.9. The topological polar surface area (TPSA) is 12.0 Å². The minimum Gasteiger partial charge on any atom is -0.313 e. The Kier molecular flexibility index (Phi) is 6.84. The summed E-state index contributed by atoms with van der Waals surface area (Å²) in [4.78, 5) is 1.38. The minimum atomic E-state index is 0.974. The molecular formula is C19H25NS. The summed E-state index contributed by atoms with van der Waals surface area (Å²) >= 11 is 1.82. The van der Waals surface area contributed by atoms with Crippen LogP contribution in [0.4, 0.5) is 0 Å². The molecule has 0 aliphatic carbocycles. The highest BCUT2D eigenvalue weighted by Crippen LogP contribution is 2.19. The molecular weight excluding hydrogens is 274 g/mol. The van der Waals surface area contributed by atoms with Crippen LogP contribution in [0.5, 0.6) is 0 Å². The maximum absolute atomic E-state index is 3.56. The Bertz CT molecular complexity index is 551. The van der Waals surface area contributed by atoms with Crippen molar-refractivity contribution in [2.75, 3.05) is 12.8 Å². The molecule has 2 aromatic rings. The van der Waals surface area contributed by atoms with Crippen LogP contribution < -0.4 is 5.32 Å². The fourth-order valence-corrected chi connectivity index (χ4v) is 3.15. The summed E-state index contributed by atoms with van der Waals surface area (Å²) in [6.45, 7) is 4.27. The average molecular weight is 299 g/mol. The van der Waals surface area contributed by atoms with Crippen LogP contribution in [-0.4, -0.2) is 12.8 Å². The van der Waals surface area contributed by atoms with E-state index in [4.69, 9.17) is 0 Å². The van der Waals surface area contributed by atoms with Crippen molar-refractivity contribution in [1.29, 1.82) is 0 Å². The second-order valence-corrected chi connectivity index (χ2v) is 6.22. The lowest BCUT2D eigenvalue weighted by Gasteiger charge is -2.09. The maximum atomic E-state index is 3.56. The average Bonchev–Trinajstić information content (AvgIpc) is 2.52. The third-order valence-electron chi connectivity index (χ3n) is 3.82. The Morgan fingerprint density at radius 1 is 0.905 bits per heavy atom. The molecule has 2 aromatic carbocycles. The highest BCUT2D eigenvalue weighted by atomic mass is 32.2. The number of hydrogen-bond donors (Lipinski definition) is 1. The monoisotopic (exact) mass is 299 g/mol. The minimum absolute atomic E-state index is 0.974. The van der Waals surface area contributed by atoms with Crippen molar-refractivity contribution in [1.82, 2.24) is 5.32 Å². The van der Waals surface area contributed by atoms with Crippen LogP contribution in [0.15, 0.2) is 53.4 Å². The number of benzene rings is 2. The fraction of sp³-hybridized carbons (Fsp3) is 0.368. The zero-order valence-electron chi connectivity index (χ0n) is 13.1. The third kappa shape index (κ3) is 5.22. The van der Waals surface area contributed by atoms with Crippen LogP contribution in [0.2, 0.25) is 0 Å². The van der Waals surface area contributed by atoms with E-state index in [0.717, 1.165) is 13.1 Å². The van der Waals surface area contributed by atoms with E-state index in [1.807, 2.05) is 11.8 Å². The second-order valence-electron chi connectivity index (χ2n) is 5.37. The highest BCUT2D eigenvalue weighted by molar-refractivity contribution is 7.98. The SMILES string of the molecule is CSc1ccccc1CNCCCCc1ccccc1C. The highest BCUT2D eigenvalue weighted by Gasteiger charge is 2.00. The van der Waals surface area contributed by atoms with Gasteiger partial charge >= 0.3 is 0 Å². The normalized spacial score (nSPS) is 10.8. The first-order valence-electron chi connectivity index (χ1n) is 7.68. The number of nitrogens with one attached hydrogen (secondary N) is 1. The molecule has 1 N–H and O–H groups in total. The van der Waals surface area contributed by atoms with Crippen molar-refractivity contribution in [3.63, 3.8) is 0 Å². The standard InChI is InChI=1S/C19H25NS/c1-16-9-3-4-10-17(16)11-7-8-14-20-15-18-12-5-6-13-19(18)21-2/h3-6,9-10,12-13,20H,7-8,11,14-15H2,1-2H3. The molecule has 0 saturated carbocycles. The molecule has 0 fully saturated rings. The van der Waals surface area contributed by atoms with Gasteiger partial charge in [0, 0.05) is 11.4 Å². The van der Waals surface area contributed by atoms with Gasteiger partial charge in [-0.15, -0.1) is 11.8 Å². The van der Waals surface area contributed by atoms with Gasteiger partial charge < -0.3 is 5.32 Å². The van der Waals surface area contributed by atoms with Crippen LogP contribution in [-0.2, 0) is 13.0 Å². The molecule has 1 nitrogen and oxygen atoms in total. The number of rotatable bonds is 8. The summed E-state index contributed by atoms with van der Waals surface area (Å²) in [5.41, 5.74) is 4.31. The largest absolute Gasteiger partial charge is 0.313 e. The quantitative estimate of drug-likeness (QED) is 0.553. The molecule has 0 heterocycles. The lowest BCUT2D eigenvalue weighted by Crippen LogP contribution is -2.15. The number of unbranched alkanes of at least 4 members (excludes halogenated alkanes) is 1. The predicted octanol–water partition coefficient (Wildman–Crippen LogP) is 4.83. The van der Waals surface area contributed by atoms with E-state index in [1.54, 1.807) is 0 Å². The molecule has 2 heteroatoms. The van der Waals surface area contributed by atoms with Crippen LogP contribution in [0.3, 0.4) is 0 Å². The summed E-state index contributed by atoms with van der Waals surface area (Å²) in [5.74, 6) is 0. The van der Waals surface area contributed by atoms with Gasteiger partial charge in [-0.25, -0.2) is 0 Å². The Balaban J connectivity index is 1.65. The molecule has 0 atom stereocenters. The Morgan fingerprint density at radius 2 is 1.62 bits per heavy atom. The van der Waals surface area contributed by atoms with Crippen molar-refractivity contribution in [2.24, 2.45) is 0 Å². The van der Waals surface area contributed by atoms with Crippen molar-refractivity contribution in [3.05, 3.63) is 65.2 Å². The van der Waals surface area contributed by atoms with Gasteiger partial charge in [-0.05, 0) is 61.7 Å². The molecule has 0 saturated heterocycles. The molecule has 0 radical (unpaired) electrons. The molecule has 112 valence electrons. The summed E-state index contributed by atoms with van der Waals surface area (Å²) in [5, 5.41) is 3.56. The summed E-state index contributed by atoms with van der Waals surface area (Å²) < 4.78 is 0. The first kappa shape index (κ1) is 16.1. The summed E-state index contributed by atoms with van der Waals surface area (Å²) in [6, 6.07) is 17.3. The molecule has 0 bridgehead atoms. The van der Waals surface area contributed by atoms with Gasteiger partial charge in [-0.2, -0.15) is 0 Å². The first-order chi connectivity index (χ1) is 10.3. The second kappa shape index (κ2) is 8.91. The number of hydrogen-bond acceptors (Lipinski definition) is 2. The van der Waals surface area contributed by atoms with Gasteiger partial charge in [0.15, 0.2) is 0 Å². The van der Waals surface area contributed by atoms with Gasteiger partial charge in [0.25, 0.3) is 0 Å². The van der Waals surface area contributed by atoms with Crippen LogP contribution in [0.25, 0.3) is 0 Å². The van der Waals surface area contributed by atoms with E-state index < -0.39 is 0 Å². The van der Waals surface area contributed by atoms with Crippen LogP contribution in [0, 0.1) is 6.92 Å². The fourth-order valence-electron chi connectivity index (χ4n) is 2.53. The van der Waals surface area contributed by atoms with Crippen LogP contribution in [0.1, 0.15) is 29.5 Å². The van der Waals surface area contributed by atoms with E-state index in [2.05, 4.69) is 67.0 Å². The zero-order valence-corrected chi connectivity index (χ0v) is 13.9. The predicted molar refractivity (Wildman–Crippen MR) is 94.0 cm³/mol. The van der Waals surface area contributed by atoms with Crippen molar-refractivity contribution in [2.45, 2.75) is 37.6 Å². The molecule has 2 rings (SSSR count). The smallest absolute Gasteiger partial charge is 0.0216 e. The van der Waals surface area contributed by atoms with Crippen molar-refractivity contribution >= 4 is 11.8 Å². The third-order valence-corrected chi connectivity index (χ3v) is 4.66. The van der Waals surface area contributed by atoms with Crippen molar-refractivity contribution < 1.29 is 0 Å². The molecule has 0 unspecified atom stereocenters. The van der Waals surface area contributed by atoms with Gasteiger partial charge in [-0.3, -0.25) is 0 Å². The first-order valence-corrected chi connectivity index (χ1v) is 8.91. The van der Waals surface area contributed by atoms with Gasteiger partial charge in [0.2, 0.25) is 0 Å². The van der Waals surface area contributed by atoms with E-state index in [-0.39, 0.29) is 0 Å². The van der Waals surface area contributed by atoms with E-state index in [0.29, 0.717) is 0 Å². The Morgan fingerprint density at radius 3 is 2.38 bits per heavy atom. The molecule has 0 amide bonds. The molecule has 0 aliphatic heterocycles. The summed E-state index contributed by atoms with van der Waals surface area (Å²) in [6.07, 6.45) is 5.81. The molecule has 0 aromatic heterocycles. The number of thioether (sulfide) groups is 1. The number of aryl methyl sites for hydroxylation is 2. The molecule has 0 aliphatic rings. The van der Waals surface area contributed by atoms with Crippen molar-refractivity contribution in [3.8, 4) is 0 Å². The molecule has 21 heavy (non-hydrogen) atoms. The van der Waals surface area contributed by atoms with Crippen LogP contribution >= 0.6 is 11.8 Å². The maximum Gasteiger partial charge on any atom is 0.0216 e. The summed E-state index contributed by atoms with van der Waals surface area (Å²) in [7, 11) is 0. The van der Waals surface area contributed by atoms with Gasteiger partial charge in [0.1, 0.15) is 0 Å². The van der Waals surface area contributed by atoms with E-state index in [1.165, 1.54) is 40.8 Å². The van der Waals surface area contributed by atoms with Gasteiger partial charge in [-0.1, -0.05) is 42.5 Å². The molecule has 0 spiro atoms. The Hall–Kier alpha value is -1.25.